The first-order chi connectivity index (χ1) is 12.6. The molecule has 0 atom stereocenters. The number of amides is 1. The third-order valence-electron chi connectivity index (χ3n) is 3.89. The summed E-state index contributed by atoms with van der Waals surface area (Å²) in [7, 11) is 0. The molecule has 1 N–H and O–H groups in total. The van der Waals surface area contributed by atoms with E-state index in [9.17, 15) is 4.79 Å². The Morgan fingerprint density at radius 3 is 2.62 bits per heavy atom. The first-order valence-electron chi connectivity index (χ1n) is 8.28. The number of para-hydroxylation sites is 1. The van der Waals surface area contributed by atoms with Crippen LogP contribution >= 0.6 is 23.8 Å². The zero-order valence-corrected chi connectivity index (χ0v) is 15.7. The summed E-state index contributed by atoms with van der Waals surface area (Å²) in [6.45, 7) is 2.77. The molecule has 0 spiro atoms. The number of halogens is 1. The second-order valence-corrected chi connectivity index (χ2v) is 6.55. The maximum absolute atomic E-state index is 12.0. The molecular weight excluding hydrogens is 372 g/mol. The lowest BCUT2D eigenvalue weighted by Crippen LogP contribution is -2.40. The third-order valence-corrected chi connectivity index (χ3v) is 4.68. The van der Waals surface area contributed by atoms with Crippen molar-refractivity contribution in [2.24, 2.45) is 0 Å². The molecular formula is C19H19ClN2O3S. The van der Waals surface area contributed by atoms with Crippen molar-refractivity contribution in [2.45, 2.75) is 0 Å². The molecule has 1 aliphatic rings. The number of hydrogen-bond donors (Lipinski definition) is 1. The quantitative estimate of drug-likeness (QED) is 0.793. The highest BCUT2D eigenvalue weighted by Crippen LogP contribution is 2.26. The van der Waals surface area contributed by atoms with E-state index in [-0.39, 0.29) is 12.5 Å². The van der Waals surface area contributed by atoms with Crippen molar-refractivity contribution in [3.63, 3.8) is 0 Å². The fourth-order valence-corrected chi connectivity index (χ4v) is 3.11. The molecule has 1 amide bonds. The van der Waals surface area contributed by atoms with E-state index in [4.69, 9.17) is 33.3 Å². The van der Waals surface area contributed by atoms with Crippen molar-refractivity contribution in [3.8, 4) is 5.75 Å². The Morgan fingerprint density at radius 2 is 1.92 bits per heavy atom. The number of nitrogens with zero attached hydrogens (tertiary/aromatic N) is 1. The van der Waals surface area contributed by atoms with Crippen LogP contribution in [0.1, 0.15) is 5.56 Å². The first kappa shape index (κ1) is 18.6. The van der Waals surface area contributed by atoms with Crippen molar-refractivity contribution in [2.75, 3.05) is 38.2 Å². The average molecular weight is 391 g/mol. The Kier molecular flexibility index (Phi) is 6.44. The molecule has 0 bridgehead atoms. The van der Waals surface area contributed by atoms with E-state index >= 15 is 0 Å². The van der Waals surface area contributed by atoms with Gasteiger partial charge in [-0.3, -0.25) is 4.79 Å². The smallest absolute Gasteiger partial charge is 0.262 e. The van der Waals surface area contributed by atoms with Crippen LogP contribution in [0.15, 0.2) is 48.5 Å². The minimum absolute atomic E-state index is 0.123. The second kappa shape index (κ2) is 8.98. The fourth-order valence-electron chi connectivity index (χ4n) is 2.56. The highest BCUT2D eigenvalue weighted by Gasteiger charge is 2.16. The molecule has 1 fully saturated rings. The van der Waals surface area contributed by atoms with Crippen molar-refractivity contribution >= 4 is 40.4 Å². The van der Waals surface area contributed by atoms with Gasteiger partial charge in [0, 0.05) is 24.3 Å². The lowest BCUT2D eigenvalue weighted by atomic mass is 10.2. The van der Waals surface area contributed by atoms with E-state index in [0.717, 1.165) is 29.3 Å². The van der Waals surface area contributed by atoms with Gasteiger partial charge in [0.05, 0.1) is 18.2 Å². The van der Waals surface area contributed by atoms with E-state index in [1.54, 1.807) is 12.1 Å². The van der Waals surface area contributed by atoms with Crippen molar-refractivity contribution in [3.05, 3.63) is 59.1 Å². The van der Waals surface area contributed by atoms with Crippen LogP contribution < -0.4 is 10.1 Å². The Bertz CT molecular complexity index is 780. The largest absolute Gasteiger partial charge is 0.482 e. The Labute approximate surface area is 162 Å². The first-order valence-corrected chi connectivity index (χ1v) is 9.06. The fraction of sp³-hybridized carbons (Fsp3) is 0.263. The van der Waals surface area contributed by atoms with Crippen LogP contribution in [-0.2, 0) is 9.53 Å². The Hall–Kier alpha value is -2.15. The summed E-state index contributed by atoms with van der Waals surface area (Å²) < 4.78 is 10.9. The molecule has 1 aliphatic heterocycles. The summed E-state index contributed by atoms with van der Waals surface area (Å²) in [6, 6.07) is 14.6. The second-order valence-electron chi connectivity index (χ2n) is 5.75. The van der Waals surface area contributed by atoms with Crippen LogP contribution in [0, 0.1) is 0 Å². The number of ether oxygens (including phenoxy) is 2. The zero-order chi connectivity index (χ0) is 18.4. The highest BCUT2D eigenvalue weighted by molar-refractivity contribution is 7.80. The van der Waals surface area contributed by atoms with Gasteiger partial charge in [-0.25, -0.2) is 0 Å². The van der Waals surface area contributed by atoms with Crippen LogP contribution in [0.5, 0.6) is 5.75 Å². The zero-order valence-electron chi connectivity index (χ0n) is 14.1. The maximum Gasteiger partial charge on any atom is 0.262 e. The number of benzene rings is 2. The van der Waals surface area contributed by atoms with Crippen LogP contribution in [-0.4, -0.2) is 48.7 Å². The van der Waals surface area contributed by atoms with E-state index in [1.807, 2.05) is 36.4 Å². The maximum atomic E-state index is 12.0. The van der Waals surface area contributed by atoms with E-state index in [2.05, 4.69) is 10.2 Å². The number of rotatable bonds is 5. The summed E-state index contributed by atoms with van der Waals surface area (Å²) in [5.74, 6) is 0.198. The Morgan fingerprint density at radius 1 is 1.19 bits per heavy atom. The summed E-state index contributed by atoms with van der Waals surface area (Å²) in [5.41, 5.74) is 1.58. The van der Waals surface area contributed by atoms with Gasteiger partial charge in [0.25, 0.3) is 5.91 Å². The molecule has 1 saturated heterocycles. The number of anilines is 1. The predicted molar refractivity (Wildman–Crippen MR) is 106 cm³/mol. The predicted octanol–water partition coefficient (Wildman–Crippen LogP) is 3.37. The van der Waals surface area contributed by atoms with Crippen LogP contribution in [0.3, 0.4) is 0 Å². The average Bonchev–Trinajstić information content (AvgIpc) is 2.68. The lowest BCUT2D eigenvalue weighted by Gasteiger charge is -2.29. The highest BCUT2D eigenvalue weighted by atomic mass is 35.5. The normalized spacial score (nSPS) is 14.0. The third kappa shape index (κ3) is 4.94. The number of nitrogens with one attached hydrogen (secondary N) is 1. The summed E-state index contributed by atoms with van der Waals surface area (Å²) >= 11 is 11.8. The monoisotopic (exact) mass is 390 g/mol. The Balaban J connectivity index is 1.57. The van der Waals surface area contributed by atoms with Crippen LogP contribution in [0.2, 0.25) is 5.02 Å². The van der Waals surface area contributed by atoms with Gasteiger partial charge in [-0.05, 0) is 30.3 Å². The number of carbonyl (C=O) groups excluding carboxylic acids is 1. The van der Waals surface area contributed by atoms with Gasteiger partial charge in [0.1, 0.15) is 10.7 Å². The molecule has 0 saturated carbocycles. The molecule has 2 aromatic carbocycles. The summed E-state index contributed by atoms with van der Waals surface area (Å²) in [5, 5.41) is 3.18. The van der Waals surface area contributed by atoms with Gasteiger partial charge in [-0.2, -0.15) is 0 Å². The van der Waals surface area contributed by atoms with E-state index < -0.39 is 0 Å². The van der Waals surface area contributed by atoms with Gasteiger partial charge in [-0.1, -0.05) is 42.0 Å². The molecule has 0 aromatic heterocycles. The van der Waals surface area contributed by atoms with Crippen molar-refractivity contribution in [1.82, 2.24) is 4.90 Å². The minimum Gasteiger partial charge on any atom is -0.482 e. The van der Waals surface area contributed by atoms with Gasteiger partial charge >= 0.3 is 0 Å². The number of morpholine rings is 1. The van der Waals surface area contributed by atoms with Gasteiger partial charge in [0.2, 0.25) is 0 Å². The number of thiocarbonyl (C=S) groups is 1. The minimum atomic E-state index is -0.250. The molecule has 3 rings (SSSR count). The standard InChI is InChI=1S/C19H19ClN2O3S/c20-16-12-14(19(26)22-8-10-24-11-9-22)6-7-17(16)25-13-18(23)21-15-4-2-1-3-5-15/h1-7,12H,8-11,13H2,(H,21,23). The molecule has 2 aromatic rings. The van der Waals surface area contributed by atoms with Crippen LogP contribution in [0.25, 0.3) is 0 Å². The molecule has 136 valence electrons. The number of carbonyl (C=O) groups is 1. The number of hydrogen-bond acceptors (Lipinski definition) is 4. The van der Waals surface area contributed by atoms with Gasteiger partial charge in [0.15, 0.2) is 6.61 Å². The lowest BCUT2D eigenvalue weighted by molar-refractivity contribution is -0.118. The molecule has 26 heavy (non-hydrogen) atoms. The topological polar surface area (TPSA) is 50.8 Å². The molecule has 0 aliphatic carbocycles. The van der Waals surface area contributed by atoms with Crippen LogP contribution in [0.4, 0.5) is 5.69 Å². The molecule has 0 unspecified atom stereocenters. The van der Waals surface area contributed by atoms with E-state index in [1.165, 1.54) is 0 Å². The van der Waals surface area contributed by atoms with Crippen molar-refractivity contribution < 1.29 is 14.3 Å². The molecule has 5 nitrogen and oxygen atoms in total. The SMILES string of the molecule is O=C(COc1ccc(C(=S)N2CCOCC2)cc1Cl)Nc1ccccc1. The molecule has 7 heteroatoms. The van der Waals surface area contributed by atoms with Crippen molar-refractivity contribution in [1.29, 1.82) is 0 Å². The molecule has 1 heterocycles. The summed E-state index contributed by atoms with van der Waals surface area (Å²) in [6.07, 6.45) is 0. The van der Waals surface area contributed by atoms with E-state index in [0.29, 0.717) is 24.0 Å². The summed E-state index contributed by atoms with van der Waals surface area (Å²) in [4.78, 5) is 14.8. The van der Waals surface area contributed by atoms with Gasteiger partial charge < -0.3 is 19.7 Å². The van der Waals surface area contributed by atoms with Gasteiger partial charge in [-0.15, -0.1) is 0 Å². The molecule has 0 radical (unpaired) electrons.